The largest absolute Gasteiger partial charge is 0.274 e. The van der Waals surface area contributed by atoms with Crippen molar-refractivity contribution in [2.75, 3.05) is 0 Å². The molecule has 2 nitrogen and oxygen atoms in total. The van der Waals surface area contributed by atoms with Gasteiger partial charge in [-0.15, -0.1) is 0 Å². The van der Waals surface area contributed by atoms with Crippen LogP contribution in [0, 0.1) is 11.3 Å². The molecule has 0 bridgehead atoms. The van der Waals surface area contributed by atoms with Gasteiger partial charge in [0.15, 0.2) is 0 Å². The van der Waals surface area contributed by atoms with Crippen molar-refractivity contribution in [3.8, 4) is 17.2 Å². The Morgan fingerprint density at radius 1 is 1.20 bits per heavy atom. The summed E-state index contributed by atoms with van der Waals surface area (Å²) in [6, 6.07) is 11.4. The fraction of sp³-hybridized carbons (Fsp3) is 0. The van der Waals surface area contributed by atoms with Gasteiger partial charge in [0.2, 0.25) is 0 Å². The first-order valence-corrected chi connectivity index (χ1v) is 5.34. The SMILES string of the molecule is N#Cc1c(-c2ccc(Cl)cc2)ccn1Br. The van der Waals surface area contributed by atoms with E-state index in [1.54, 1.807) is 9.79 Å². The molecule has 15 heavy (non-hydrogen) atoms. The number of aromatic nitrogens is 1. The van der Waals surface area contributed by atoms with Crippen molar-refractivity contribution in [1.29, 1.82) is 5.26 Å². The Labute approximate surface area is 101 Å². The number of hydrogen-bond acceptors (Lipinski definition) is 1. The Bertz CT molecular complexity index is 523. The molecule has 0 saturated carbocycles. The summed E-state index contributed by atoms with van der Waals surface area (Å²) in [6.07, 6.45) is 1.79. The van der Waals surface area contributed by atoms with Crippen LogP contribution in [0.2, 0.25) is 5.02 Å². The van der Waals surface area contributed by atoms with Gasteiger partial charge in [-0.25, -0.2) is 0 Å². The van der Waals surface area contributed by atoms with Crippen LogP contribution in [0.15, 0.2) is 36.5 Å². The van der Waals surface area contributed by atoms with Gasteiger partial charge in [-0.05, 0) is 23.8 Å². The summed E-state index contributed by atoms with van der Waals surface area (Å²) >= 11 is 9.06. The van der Waals surface area contributed by atoms with E-state index >= 15 is 0 Å². The molecule has 0 fully saturated rings. The minimum absolute atomic E-state index is 0.581. The Kier molecular flexibility index (Phi) is 2.81. The standard InChI is InChI=1S/C11H6BrClN2/c12-15-6-5-10(11(15)7-14)8-1-3-9(13)4-2-8/h1-6H. The molecule has 0 unspecified atom stereocenters. The number of hydrogen-bond donors (Lipinski definition) is 0. The molecule has 0 aliphatic heterocycles. The molecule has 0 N–H and O–H groups in total. The van der Waals surface area contributed by atoms with Gasteiger partial charge < -0.3 is 0 Å². The predicted molar refractivity (Wildman–Crippen MR) is 63.9 cm³/mol. The van der Waals surface area contributed by atoms with Crippen molar-refractivity contribution >= 4 is 27.7 Å². The number of nitrogens with zero attached hydrogens (tertiary/aromatic N) is 2. The smallest absolute Gasteiger partial charge is 0.138 e. The van der Waals surface area contributed by atoms with Crippen LogP contribution in [0.25, 0.3) is 11.1 Å². The lowest BCUT2D eigenvalue weighted by atomic mass is 10.1. The summed E-state index contributed by atoms with van der Waals surface area (Å²) in [4.78, 5) is 0. The van der Waals surface area contributed by atoms with Crippen LogP contribution >= 0.6 is 27.7 Å². The zero-order valence-electron chi connectivity index (χ0n) is 7.61. The Balaban J connectivity index is 2.55. The molecule has 0 aliphatic carbocycles. The van der Waals surface area contributed by atoms with Gasteiger partial charge in [0.25, 0.3) is 0 Å². The van der Waals surface area contributed by atoms with Crippen molar-refractivity contribution < 1.29 is 0 Å². The van der Waals surface area contributed by atoms with Gasteiger partial charge in [0.05, 0.1) is 16.1 Å². The summed E-state index contributed by atoms with van der Waals surface area (Å²) in [6.45, 7) is 0. The fourth-order valence-electron chi connectivity index (χ4n) is 1.38. The molecule has 4 heteroatoms. The maximum absolute atomic E-state index is 8.98. The van der Waals surface area contributed by atoms with Gasteiger partial charge in [-0.2, -0.15) is 5.26 Å². The minimum Gasteiger partial charge on any atom is -0.274 e. The lowest BCUT2D eigenvalue weighted by Crippen LogP contribution is -1.84. The highest BCUT2D eigenvalue weighted by atomic mass is 79.9. The van der Waals surface area contributed by atoms with E-state index in [4.69, 9.17) is 16.9 Å². The van der Waals surface area contributed by atoms with E-state index < -0.39 is 0 Å². The van der Waals surface area contributed by atoms with Crippen LogP contribution in [-0.2, 0) is 0 Å². The maximum Gasteiger partial charge on any atom is 0.138 e. The molecule has 2 aromatic rings. The molecule has 74 valence electrons. The molecule has 1 aromatic heterocycles. The van der Waals surface area contributed by atoms with E-state index in [-0.39, 0.29) is 0 Å². The summed E-state index contributed by atoms with van der Waals surface area (Å²) in [7, 11) is 0. The molecule has 0 amide bonds. The molecule has 1 heterocycles. The lowest BCUT2D eigenvalue weighted by Gasteiger charge is -1.99. The predicted octanol–water partition coefficient (Wildman–Crippen LogP) is 3.84. The first-order valence-electron chi connectivity index (χ1n) is 4.26. The first-order chi connectivity index (χ1) is 7.22. The molecule has 0 radical (unpaired) electrons. The van der Waals surface area contributed by atoms with Gasteiger partial charge in [0, 0.05) is 16.8 Å². The third-order valence-electron chi connectivity index (χ3n) is 2.10. The topological polar surface area (TPSA) is 28.7 Å². The highest BCUT2D eigenvalue weighted by Crippen LogP contribution is 2.26. The van der Waals surface area contributed by atoms with Crippen molar-refractivity contribution in [1.82, 2.24) is 3.59 Å². The molecule has 1 aromatic carbocycles. The molecule has 0 saturated heterocycles. The van der Waals surface area contributed by atoms with Gasteiger partial charge >= 0.3 is 0 Å². The summed E-state index contributed by atoms with van der Waals surface area (Å²) < 4.78 is 1.62. The van der Waals surface area contributed by atoms with Crippen LogP contribution in [0.1, 0.15) is 5.69 Å². The van der Waals surface area contributed by atoms with Crippen LogP contribution in [-0.4, -0.2) is 3.59 Å². The molecule has 0 aliphatic rings. The van der Waals surface area contributed by atoms with E-state index in [9.17, 15) is 0 Å². The second-order valence-corrected chi connectivity index (χ2v) is 4.21. The van der Waals surface area contributed by atoms with Gasteiger partial charge in [-0.3, -0.25) is 3.59 Å². The van der Waals surface area contributed by atoms with Gasteiger partial charge in [0.1, 0.15) is 11.8 Å². The first kappa shape index (κ1) is 10.3. The molecule has 0 atom stereocenters. The second-order valence-electron chi connectivity index (χ2n) is 3.01. The van der Waals surface area contributed by atoms with Crippen molar-refractivity contribution in [2.45, 2.75) is 0 Å². The van der Waals surface area contributed by atoms with Crippen LogP contribution in [0.5, 0.6) is 0 Å². The third kappa shape index (κ3) is 1.92. The monoisotopic (exact) mass is 280 g/mol. The highest BCUT2D eigenvalue weighted by molar-refractivity contribution is 9.08. The molecule has 2 rings (SSSR count). The zero-order chi connectivity index (χ0) is 10.8. The quantitative estimate of drug-likeness (QED) is 0.781. The number of nitriles is 1. The summed E-state index contributed by atoms with van der Waals surface area (Å²) in [5.74, 6) is 0. The third-order valence-corrected chi connectivity index (χ3v) is 2.94. The Morgan fingerprint density at radius 3 is 2.47 bits per heavy atom. The Hall–Kier alpha value is -1.24. The van der Waals surface area contributed by atoms with Crippen molar-refractivity contribution in [3.05, 3.63) is 47.2 Å². The van der Waals surface area contributed by atoms with Crippen molar-refractivity contribution in [3.63, 3.8) is 0 Å². The summed E-state index contributed by atoms with van der Waals surface area (Å²) in [5.41, 5.74) is 2.46. The van der Waals surface area contributed by atoms with E-state index in [1.165, 1.54) is 0 Å². The highest BCUT2D eigenvalue weighted by Gasteiger charge is 2.08. The second kappa shape index (κ2) is 4.09. The van der Waals surface area contributed by atoms with Gasteiger partial charge in [-0.1, -0.05) is 23.7 Å². The average Bonchev–Trinajstić information content (AvgIpc) is 2.61. The normalized spacial score (nSPS) is 9.93. The fourth-order valence-corrected chi connectivity index (χ4v) is 1.89. The van der Waals surface area contributed by atoms with E-state index in [0.29, 0.717) is 10.7 Å². The molecule has 0 spiro atoms. The Morgan fingerprint density at radius 2 is 1.87 bits per heavy atom. The summed E-state index contributed by atoms with van der Waals surface area (Å²) in [5, 5.41) is 9.67. The number of halogens is 2. The van der Waals surface area contributed by atoms with Crippen LogP contribution < -0.4 is 0 Å². The van der Waals surface area contributed by atoms with Crippen LogP contribution in [0.4, 0.5) is 0 Å². The van der Waals surface area contributed by atoms with E-state index in [0.717, 1.165) is 11.1 Å². The zero-order valence-corrected chi connectivity index (χ0v) is 9.96. The number of rotatable bonds is 1. The van der Waals surface area contributed by atoms with Crippen LogP contribution in [0.3, 0.4) is 0 Å². The minimum atomic E-state index is 0.581. The lowest BCUT2D eigenvalue weighted by molar-refractivity contribution is 1.26. The maximum atomic E-state index is 8.98. The van der Waals surface area contributed by atoms with Crippen molar-refractivity contribution in [2.24, 2.45) is 0 Å². The van der Waals surface area contributed by atoms with E-state index in [2.05, 4.69) is 22.2 Å². The average molecular weight is 282 g/mol. The van der Waals surface area contributed by atoms with E-state index in [1.807, 2.05) is 30.3 Å². The molecular formula is C11H6BrClN2. The number of benzene rings is 1. The molecular weight excluding hydrogens is 275 g/mol.